The van der Waals surface area contributed by atoms with Gasteiger partial charge in [0.15, 0.2) is 0 Å². The lowest BCUT2D eigenvalue weighted by Gasteiger charge is -2.57. The van der Waals surface area contributed by atoms with Gasteiger partial charge in [-0.2, -0.15) is 0 Å². The lowest BCUT2D eigenvalue weighted by molar-refractivity contribution is -0.0540. The molecule has 0 aromatic rings. The Morgan fingerprint density at radius 1 is 0.923 bits per heavy atom. The Morgan fingerprint density at radius 2 is 1.38 bits per heavy atom. The maximum atomic E-state index is 5.94. The molecule has 0 unspecified atom stereocenters. The molecular weight excluding hydrogens is 180 g/mol. The highest BCUT2D eigenvalue weighted by atomic mass is 35.5. The molecule has 0 radical (unpaired) electrons. The van der Waals surface area contributed by atoms with Crippen molar-refractivity contribution in [2.45, 2.75) is 44.9 Å². The second-order valence-electron chi connectivity index (χ2n) is 5.86. The lowest BCUT2D eigenvalue weighted by Crippen LogP contribution is -2.46. The number of hydrogen-bond acceptors (Lipinski definition) is 0. The molecule has 0 aromatic carbocycles. The zero-order valence-corrected chi connectivity index (χ0v) is 9.02. The van der Waals surface area contributed by atoms with Crippen molar-refractivity contribution in [3.63, 3.8) is 0 Å². The van der Waals surface area contributed by atoms with Crippen LogP contribution in [0.4, 0.5) is 0 Å². The number of rotatable bonds is 2. The van der Waals surface area contributed by atoms with E-state index in [0.717, 1.165) is 29.0 Å². The summed E-state index contributed by atoms with van der Waals surface area (Å²) in [6, 6.07) is 0. The smallest absolute Gasteiger partial charge is 0.0228 e. The molecule has 4 aliphatic carbocycles. The third-order valence-corrected chi connectivity index (χ3v) is 4.98. The largest absolute Gasteiger partial charge is 0.127 e. The number of halogens is 1. The minimum absolute atomic E-state index is 0.719. The fraction of sp³-hybridized carbons (Fsp3) is 1.00. The van der Waals surface area contributed by atoms with Gasteiger partial charge in [0.05, 0.1) is 0 Å². The number of alkyl halides is 1. The topological polar surface area (TPSA) is 0 Å². The van der Waals surface area contributed by atoms with E-state index in [-0.39, 0.29) is 0 Å². The van der Waals surface area contributed by atoms with Gasteiger partial charge in [0, 0.05) is 5.88 Å². The Labute approximate surface area is 86.0 Å². The standard InChI is InChI=1S/C12H19Cl/c13-2-1-12-6-9-3-10(7-12)5-11(4-9)8-12/h9-11H,1-8H2. The molecular formula is C12H19Cl. The third kappa shape index (κ3) is 1.33. The summed E-state index contributed by atoms with van der Waals surface area (Å²) >= 11 is 5.94. The van der Waals surface area contributed by atoms with Crippen LogP contribution in [0.5, 0.6) is 0 Å². The van der Waals surface area contributed by atoms with Crippen LogP contribution in [0.25, 0.3) is 0 Å². The SMILES string of the molecule is ClCCC12CC3CC(CC(C3)C1)C2. The summed E-state index contributed by atoms with van der Waals surface area (Å²) in [6.45, 7) is 0. The van der Waals surface area contributed by atoms with Crippen LogP contribution >= 0.6 is 11.6 Å². The predicted molar refractivity (Wildman–Crippen MR) is 55.9 cm³/mol. The predicted octanol–water partition coefficient (Wildman–Crippen LogP) is 3.83. The van der Waals surface area contributed by atoms with Gasteiger partial charge in [-0.25, -0.2) is 0 Å². The van der Waals surface area contributed by atoms with Crippen LogP contribution in [0.1, 0.15) is 44.9 Å². The molecule has 0 aliphatic heterocycles. The van der Waals surface area contributed by atoms with Gasteiger partial charge in [0.1, 0.15) is 0 Å². The van der Waals surface area contributed by atoms with Gasteiger partial charge in [0.25, 0.3) is 0 Å². The van der Waals surface area contributed by atoms with Gasteiger partial charge in [-0.1, -0.05) is 0 Å². The van der Waals surface area contributed by atoms with E-state index in [1.54, 1.807) is 19.3 Å². The quantitative estimate of drug-likeness (QED) is 0.592. The van der Waals surface area contributed by atoms with Gasteiger partial charge < -0.3 is 0 Å². The van der Waals surface area contributed by atoms with Crippen molar-refractivity contribution >= 4 is 11.6 Å². The first kappa shape index (κ1) is 8.59. The van der Waals surface area contributed by atoms with E-state index < -0.39 is 0 Å². The van der Waals surface area contributed by atoms with Gasteiger partial charge in [-0.05, 0) is 68.1 Å². The molecule has 0 nitrogen and oxygen atoms in total. The highest BCUT2D eigenvalue weighted by Gasteiger charge is 2.50. The molecule has 74 valence electrons. The summed E-state index contributed by atoms with van der Waals surface area (Å²) < 4.78 is 0. The Kier molecular flexibility index (Phi) is 1.91. The number of hydrogen-bond donors (Lipinski definition) is 0. The van der Waals surface area contributed by atoms with Gasteiger partial charge in [-0.15, -0.1) is 11.6 Å². The van der Waals surface area contributed by atoms with E-state index in [9.17, 15) is 0 Å². The maximum absolute atomic E-state index is 5.94. The first-order valence-electron chi connectivity index (χ1n) is 5.86. The molecule has 0 aromatic heterocycles. The van der Waals surface area contributed by atoms with E-state index in [0.29, 0.717) is 0 Å². The molecule has 4 fully saturated rings. The van der Waals surface area contributed by atoms with Crippen LogP contribution in [-0.4, -0.2) is 5.88 Å². The normalized spacial score (nSPS) is 52.8. The van der Waals surface area contributed by atoms with Crippen LogP contribution in [-0.2, 0) is 0 Å². The van der Waals surface area contributed by atoms with Crippen molar-refractivity contribution in [2.24, 2.45) is 23.2 Å². The first-order chi connectivity index (χ1) is 6.30. The fourth-order valence-corrected chi connectivity index (χ4v) is 5.20. The molecule has 13 heavy (non-hydrogen) atoms. The van der Waals surface area contributed by atoms with Crippen LogP contribution in [0.2, 0.25) is 0 Å². The summed E-state index contributed by atoms with van der Waals surface area (Å²) in [5.41, 5.74) is 0.719. The maximum Gasteiger partial charge on any atom is 0.0228 e. The third-order valence-electron chi connectivity index (χ3n) is 4.79. The van der Waals surface area contributed by atoms with Gasteiger partial charge >= 0.3 is 0 Å². The van der Waals surface area contributed by atoms with Crippen LogP contribution < -0.4 is 0 Å². The molecule has 0 amide bonds. The molecule has 0 atom stereocenters. The van der Waals surface area contributed by atoms with Crippen molar-refractivity contribution in [1.29, 1.82) is 0 Å². The van der Waals surface area contributed by atoms with E-state index in [4.69, 9.17) is 11.6 Å². The molecule has 4 rings (SSSR count). The highest BCUT2D eigenvalue weighted by Crippen LogP contribution is 2.61. The lowest BCUT2D eigenvalue weighted by atomic mass is 9.49. The zero-order valence-electron chi connectivity index (χ0n) is 8.27. The molecule has 4 saturated carbocycles. The Bertz CT molecular complexity index is 174. The van der Waals surface area contributed by atoms with Crippen molar-refractivity contribution < 1.29 is 0 Å². The van der Waals surface area contributed by atoms with Crippen LogP contribution in [0.3, 0.4) is 0 Å². The minimum atomic E-state index is 0.719. The fourth-order valence-electron chi connectivity index (χ4n) is 4.80. The minimum Gasteiger partial charge on any atom is -0.127 e. The molecule has 0 saturated heterocycles. The van der Waals surface area contributed by atoms with Crippen molar-refractivity contribution in [3.8, 4) is 0 Å². The van der Waals surface area contributed by atoms with Crippen molar-refractivity contribution in [3.05, 3.63) is 0 Å². The molecule has 0 spiro atoms. The van der Waals surface area contributed by atoms with E-state index in [1.807, 2.05) is 0 Å². The summed E-state index contributed by atoms with van der Waals surface area (Å²) in [5, 5.41) is 0. The first-order valence-corrected chi connectivity index (χ1v) is 6.39. The molecule has 1 heteroatoms. The van der Waals surface area contributed by atoms with E-state index >= 15 is 0 Å². The Morgan fingerprint density at radius 3 is 1.77 bits per heavy atom. The van der Waals surface area contributed by atoms with Gasteiger partial charge in [-0.3, -0.25) is 0 Å². The molecule has 4 aliphatic rings. The van der Waals surface area contributed by atoms with Crippen LogP contribution in [0.15, 0.2) is 0 Å². The second kappa shape index (κ2) is 2.89. The van der Waals surface area contributed by atoms with Crippen molar-refractivity contribution in [1.82, 2.24) is 0 Å². The summed E-state index contributed by atoms with van der Waals surface area (Å²) in [7, 11) is 0. The molecule has 0 heterocycles. The second-order valence-corrected chi connectivity index (χ2v) is 6.23. The average Bonchev–Trinajstić information content (AvgIpc) is 2.00. The van der Waals surface area contributed by atoms with E-state index in [1.165, 1.54) is 25.7 Å². The van der Waals surface area contributed by atoms with Crippen molar-refractivity contribution in [2.75, 3.05) is 5.88 Å². The average molecular weight is 199 g/mol. The Hall–Kier alpha value is 0.290. The molecule has 0 N–H and O–H groups in total. The summed E-state index contributed by atoms with van der Waals surface area (Å²) in [5.74, 6) is 4.17. The summed E-state index contributed by atoms with van der Waals surface area (Å²) in [4.78, 5) is 0. The monoisotopic (exact) mass is 198 g/mol. The molecule has 4 bridgehead atoms. The highest BCUT2D eigenvalue weighted by molar-refractivity contribution is 6.17. The van der Waals surface area contributed by atoms with Crippen LogP contribution in [0, 0.1) is 23.2 Å². The summed E-state index contributed by atoms with van der Waals surface area (Å²) in [6.07, 6.45) is 10.5. The van der Waals surface area contributed by atoms with Gasteiger partial charge in [0.2, 0.25) is 0 Å². The zero-order chi connectivity index (χ0) is 8.89. The van der Waals surface area contributed by atoms with E-state index in [2.05, 4.69) is 0 Å². The Balaban J connectivity index is 1.83.